The fraction of sp³-hybridized carbons (Fsp3) is 0.647. The van der Waals surface area contributed by atoms with Crippen molar-refractivity contribution in [2.75, 3.05) is 38.7 Å². The number of aromatic hydroxyl groups is 1. The highest BCUT2D eigenvalue weighted by Crippen LogP contribution is 2.50. The summed E-state index contributed by atoms with van der Waals surface area (Å²) in [5.41, 5.74) is 10.1. The van der Waals surface area contributed by atoms with E-state index in [1.54, 1.807) is 34.8 Å². The first-order valence-corrected chi connectivity index (χ1v) is 26.5. The molecule has 358 valence electrons. The lowest BCUT2D eigenvalue weighted by atomic mass is 9.65. The van der Waals surface area contributed by atoms with Crippen LogP contribution in [0.2, 0.25) is 0 Å². The summed E-state index contributed by atoms with van der Waals surface area (Å²) < 4.78 is 25.0. The maximum Gasteiger partial charge on any atom is 0.201 e. The Hall–Kier alpha value is -3.80. The molecule has 66 heavy (non-hydrogen) atoms. The van der Waals surface area contributed by atoms with Crippen LogP contribution < -0.4 is 30.6 Å². The van der Waals surface area contributed by atoms with Gasteiger partial charge in [-0.1, -0.05) is 84.1 Å². The number of methoxy groups -OCH3 is 1. The predicted molar refractivity (Wildman–Crippen MR) is 258 cm³/mol. The smallest absolute Gasteiger partial charge is 0.201 e. The molecule has 7 aliphatic rings. The van der Waals surface area contributed by atoms with Crippen LogP contribution in [0.25, 0.3) is 0 Å². The summed E-state index contributed by atoms with van der Waals surface area (Å²) >= 11 is 0. The summed E-state index contributed by atoms with van der Waals surface area (Å²) in [5, 5.41) is 51.8. The molecule has 1 spiro atoms. The maximum absolute atomic E-state index is 13.3. The van der Waals surface area contributed by atoms with Crippen molar-refractivity contribution in [3.8, 4) is 46.7 Å². The molecule has 10 atom stereocenters. The Bertz CT molecular complexity index is 2220. The van der Waals surface area contributed by atoms with E-state index < -0.39 is 31.1 Å². The lowest BCUT2D eigenvalue weighted by molar-refractivity contribution is -0.121. The van der Waals surface area contributed by atoms with Gasteiger partial charge in [-0.05, 0) is 92.7 Å². The molecular weight excluding hydrogens is 877 g/mol. The van der Waals surface area contributed by atoms with Crippen molar-refractivity contribution in [3.05, 3.63) is 46.0 Å². The van der Waals surface area contributed by atoms with E-state index in [2.05, 4.69) is 54.2 Å². The summed E-state index contributed by atoms with van der Waals surface area (Å²) in [6.07, 6.45) is 6.99. The van der Waals surface area contributed by atoms with Crippen molar-refractivity contribution in [1.29, 1.82) is 0 Å². The largest absolute Gasteiger partial charge is 0.504 e. The molecule has 6 bridgehead atoms. The van der Waals surface area contributed by atoms with Crippen LogP contribution in [-0.4, -0.2) is 101 Å². The van der Waals surface area contributed by atoms with Gasteiger partial charge in [0.25, 0.3) is 0 Å². The molecule has 0 radical (unpaired) electrons. The van der Waals surface area contributed by atoms with Gasteiger partial charge in [0.1, 0.15) is 12.5 Å². The number of nitrogens with one attached hydrogen (secondary N) is 2. The molecule has 9 rings (SSSR count). The van der Waals surface area contributed by atoms with Crippen LogP contribution in [0.15, 0.2) is 23.2 Å². The topological polar surface area (TPSA) is 197 Å². The number of rotatable bonds is 5. The minimum absolute atomic E-state index is 0.00994. The van der Waals surface area contributed by atoms with Crippen LogP contribution in [0.4, 0.5) is 0 Å². The highest BCUT2D eigenvalue weighted by Gasteiger charge is 2.49. The summed E-state index contributed by atoms with van der Waals surface area (Å²) in [6.45, 7) is 4.54. The van der Waals surface area contributed by atoms with Gasteiger partial charge in [0.05, 0.1) is 23.8 Å². The van der Waals surface area contributed by atoms with E-state index in [0.717, 1.165) is 67.4 Å². The number of carbonyl (C=O) groups is 1. The number of benzene rings is 2. The summed E-state index contributed by atoms with van der Waals surface area (Å²) in [7, 11) is 5.35. The zero-order valence-corrected chi connectivity index (χ0v) is 40.2. The number of carbonyl (C=O) groups excluding carboxylic acids is 1. The van der Waals surface area contributed by atoms with Gasteiger partial charge in [-0.15, -0.1) is 0 Å². The third-order valence-corrected chi connectivity index (χ3v) is 17.4. The summed E-state index contributed by atoms with van der Waals surface area (Å²) in [5.74, 6) is 17.2. The first-order chi connectivity index (χ1) is 32.0. The Balaban J connectivity index is 1.29. The van der Waals surface area contributed by atoms with Crippen LogP contribution in [0, 0.1) is 59.2 Å². The number of nitrogens with two attached hydrogens (primary N) is 1. The second-order valence-electron chi connectivity index (χ2n) is 19.4. The number of guanidine groups is 1. The zero-order valence-electron chi connectivity index (χ0n) is 38.6. The van der Waals surface area contributed by atoms with Crippen LogP contribution in [0.3, 0.4) is 0 Å². The first-order valence-electron chi connectivity index (χ1n) is 24.0. The molecule has 15 heteroatoms. The number of Topliss-reactive ketones (excluding diaryl/α,β-unsaturated/α-hetero) is 1. The van der Waals surface area contributed by atoms with Crippen molar-refractivity contribution in [2.24, 2.45) is 46.2 Å². The predicted octanol–water partition coefficient (Wildman–Crippen LogP) is 5.63. The summed E-state index contributed by atoms with van der Waals surface area (Å²) in [4.78, 5) is 18.3. The number of phenolic OH excluding ortho intramolecular Hbond substituents is 1. The molecule has 2 saturated carbocycles. The molecule has 2 aromatic carbocycles. The Kier molecular flexibility index (Phi) is 16.3. The Morgan fingerprint density at radius 3 is 2.67 bits per heavy atom. The van der Waals surface area contributed by atoms with Gasteiger partial charge in [-0.2, -0.15) is 0 Å². The molecule has 4 heterocycles. The molecule has 0 unspecified atom stereocenters. The molecule has 0 aromatic heterocycles. The SMILES string of the molecule is COC[C@H]1CC[C@H]2C#C[C@@H]3NC(N)=N[C@@H](C(C)C)CSSC[C@H]3[C@H]3Cc4c5cc(c(c4O[C@H]3O)OCN[C@]23CCCC[C@@H]3C1)CC#Cc1c(ccc(O)c1OCO)CCC(=O)C[C@H](O)CC5. The van der Waals surface area contributed by atoms with Gasteiger partial charge in [0.2, 0.25) is 6.29 Å². The third-order valence-electron chi connectivity index (χ3n) is 15.0. The van der Waals surface area contributed by atoms with Gasteiger partial charge in [-0.3, -0.25) is 10.1 Å². The lowest BCUT2D eigenvalue weighted by Gasteiger charge is -2.48. The third kappa shape index (κ3) is 10.9. The van der Waals surface area contributed by atoms with Crippen LogP contribution in [-0.2, 0) is 35.2 Å². The highest BCUT2D eigenvalue weighted by molar-refractivity contribution is 8.76. The second-order valence-corrected chi connectivity index (χ2v) is 22.0. The van der Waals surface area contributed by atoms with Gasteiger partial charge in [0, 0.05) is 78.9 Å². The molecule has 13 nitrogen and oxygen atoms in total. The highest BCUT2D eigenvalue weighted by atomic mass is 33.1. The van der Waals surface area contributed by atoms with Crippen LogP contribution >= 0.6 is 21.6 Å². The lowest BCUT2D eigenvalue weighted by Crippen LogP contribution is -2.58. The second kappa shape index (κ2) is 22.1. The van der Waals surface area contributed by atoms with E-state index in [4.69, 9.17) is 29.7 Å². The van der Waals surface area contributed by atoms with E-state index in [1.807, 2.05) is 0 Å². The number of ketones is 1. The number of phenols is 1. The molecule has 8 N–H and O–H groups in total. The van der Waals surface area contributed by atoms with Crippen LogP contribution in [0.1, 0.15) is 106 Å². The molecule has 2 aromatic rings. The van der Waals surface area contributed by atoms with Crippen molar-refractivity contribution in [1.82, 2.24) is 10.6 Å². The van der Waals surface area contributed by atoms with E-state index in [-0.39, 0.29) is 66.7 Å². The van der Waals surface area contributed by atoms with E-state index in [1.165, 1.54) is 6.07 Å². The number of nitrogens with zero attached hydrogens (tertiary/aromatic N) is 1. The van der Waals surface area contributed by atoms with Crippen molar-refractivity contribution >= 4 is 33.3 Å². The Labute approximate surface area is 397 Å². The van der Waals surface area contributed by atoms with Crippen LogP contribution in [0.5, 0.6) is 23.0 Å². The van der Waals surface area contributed by atoms with Gasteiger partial charge >= 0.3 is 0 Å². The molecule has 4 aliphatic heterocycles. The van der Waals surface area contributed by atoms with E-state index in [0.29, 0.717) is 84.4 Å². The van der Waals surface area contributed by atoms with Crippen molar-refractivity contribution in [3.63, 3.8) is 0 Å². The van der Waals surface area contributed by atoms with Gasteiger partial charge < -0.3 is 50.4 Å². The minimum atomic E-state index is -1.22. The average molecular weight is 945 g/mol. The van der Waals surface area contributed by atoms with Gasteiger partial charge in [0.15, 0.2) is 35.8 Å². The number of hydrogen-bond donors (Lipinski definition) is 7. The number of ether oxygens (including phenoxy) is 4. The maximum atomic E-state index is 13.3. The number of aliphatic hydroxyl groups is 3. The number of aliphatic hydroxyl groups excluding tert-OH is 3. The van der Waals surface area contributed by atoms with Crippen molar-refractivity contribution in [2.45, 2.75) is 134 Å². The molecule has 2 fully saturated rings. The Morgan fingerprint density at radius 1 is 1.00 bits per heavy atom. The average Bonchev–Trinajstić information content (AvgIpc) is 3.44. The monoisotopic (exact) mass is 944 g/mol. The number of aryl methyl sites for hydroxylation is 2. The first kappa shape index (κ1) is 48.6. The minimum Gasteiger partial charge on any atom is -0.504 e. The molecule has 0 amide bonds. The number of aliphatic imine (C=N–C) groups is 1. The van der Waals surface area contributed by atoms with E-state index in [9.17, 15) is 25.2 Å². The molecular formula is C51H68N4O9S2. The Morgan fingerprint density at radius 2 is 1.85 bits per heavy atom. The normalized spacial score (nSPS) is 31.7. The standard InChI is InChI=1S/C51H68N4O9S2/c1-30(2)44-27-66-65-26-42-41-24-40-33-12-17-38(58)23-37(57)16-11-32-13-19-45(59)47(63-29-56)39(32)9-6-7-34(22-33)46(48(40)64-49(41)60)62-28-53-51-20-5-4-8-36(51)21-31(25-61-3)10-14-35(51)15-18-43(42)54-50(52)55-44/h13,19,22,30-31,35-36,38,41-44,49,53,56,58-60H,4-5,7-8,10-12,14,16-17,20-21,23-29H2,1-3H3,(H3,52,54,55)/t31-,35-,36+,38+,41+,42-,43-,44+,49+,51+/m0/s1. The zero-order chi connectivity index (χ0) is 46.4. The number of hydrogen-bond acceptors (Lipinski definition) is 15. The van der Waals surface area contributed by atoms with Gasteiger partial charge in [-0.25, -0.2) is 4.99 Å². The quantitative estimate of drug-likeness (QED) is 0.111. The van der Waals surface area contributed by atoms with E-state index >= 15 is 0 Å². The van der Waals surface area contributed by atoms with Crippen molar-refractivity contribution < 1.29 is 44.2 Å². The summed E-state index contributed by atoms with van der Waals surface area (Å²) in [6, 6.07) is 4.86. The molecule has 3 aliphatic carbocycles. The fourth-order valence-corrected chi connectivity index (χ4v) is 14.2. The number of fused-ring (bicyclic) bond motifs is 6. The molecule has 0 saturated heterocycles. The fourth-order valence-electron chi connectivity index (χ4n) is 11.3.